The third-order valence-electron chi connectivity index (χ3n) is 6.40. The van der Waals surface area contributed by atoms with E-state index in [1.807, 2.05) is 25.1 Å². The summed E-state index contributed by atoms with van der Waals surface area (Å²) in [6, 6.07) is 14.8. The van der Waals surface area contributed by atoms with Gasteiger partial charge in [0.1, 0.15) is 19.0 Å². The Bertz CT molecular complexity index is 1700. The van der Waals surface area contributed by atoms with E-state index in [-0.39, 0.29) is 39.9 Å². The summed E-state index contributed by atoms with van der Waals surface area (Å²) in [6.07, 6.45) is 0. The number of hydrogen-bond donors (Lipinski definition) is 1. The number of non-ortho nitro benzene ring substituents is 1. The van der Waals surface area contributed by atoms with Crippen LogP contribution in [0, 0.1) is 17.0 Å². The Balaban J connectivity index is 0.00000308. The smallest absolute Gasteiger partial charge is 0.301 e. The van der Waals surface area contributed by atoms with Gasteiger partial charge in [0.05, 0.1) is 26.8 Å². The van der Waals surface area contributed by atoms with Crippen LogP contribution >= 0.6 is 23.7 Å². The van der Waals surface area contributed by atoms with Crippen LogP contribution in [0.1, 0.15) is 22.7 Å². The molecule has 0 bridgehead atoms. The number of carbonyl (C=O) groups excluding carboxylic acids is 2. The number of halogens is 1. The van der Waals surface area contributed by atoms with Crippen LogP contribution in [0.5, 0.6) is 11.5 Å². The number of anilines is 1. The fraction of sp³-hybridized carbons (Fsp3) is 0.148. The predicted octanol–water partition coefficient (Wildman–Crippen LogP) is 5.33. The first kappa shape index (κ1) is 26.1. The number of ether oxygens (including phenoxy) is 2. The van der Waals surface area contributed by atoms with Crippen LogP contribution in [-0.4, -0.2) is 39.9 Å². The van der Waals surface area contributed by atoms with Crippen LogP contribution in [-0.2, 0) is 9.59 Å². The SMILES string of the molecule is Cc1ccc2nc(N3C(=O)C(=O)C(=C(O)c4ccc5c(c4)OCCO5)C3c3cccc([N+](=O)[O-])c3)sc2c1.Cl. The van der Waals surface area contributed by atoms with Crippen LogP contribution in [0.15, 0.2) is 66.2 Å². The summed E-state index contributed by atoms with van der Waals surface area (Å²) in [5.41, 5.74) is 1.75. The maximum atomic E-state index is 13.5. The number of aryl methyl sites for hydroxylation is 1. The van der Waals surface area contributed by atoms with Crippen LogP contribution in [0.3, 0.4) is 0 Å². The highest BCUT2D eigenvalue weighted by Gasteiger charge is 2.48. The van der Waals surface area contributed by atoms with Crippen molar-refractivity contribution in [3.05, 3.63) is 93.0 Å². The van der Waals surface area contributed by atoms with E-state index in [2.05, 4.69) is 4.98 Å². The van der Waals surface area contributed by atoms with Crippen molar-refractivity contribution >= 4 is 62.2 Å². The van der Waals surface area contributed by atoms with Crippen molar-refractivity contribution in [1.29, 1.82) is 0 Å². The average molecular weight is 566 g/mol. The molecule has 12 heteroatoms. The van der Waals surface area contributed by atoms with Gasteiger partial charge in [-0.3, -0.25) is 24.6 Å². The molecule has 198 valence electrons. The molecule has 1 saturated heterocycles. The molecule has 0 radical (unpaired) electrons. The molecule has 2 aliphatic heterocycles. The van der Waals surface area contributed by atoms with Gasteiger partial charge in [0, 0.05) is 17.7 Å². The molecule has 1 atom stereocenters. The number of nitrogens with zero attached hydrogens (tertiary/aromatic N) is 3. The van der Waals surface area contributed by atoms with E-state index >= 15 is 0 Å². The molecule has 3 heterocycles. The summed E-state index contributed by atoms with van der Waals surface area (Å²) in [5, 5.41) is 23.2. The van der Waals surface area contributed by atoms with Gasteiger partial charge in [0.25, 0.3) is 11.5 Å². The van der Waals surface area contributed by atoms with Gasteiger partial charge in [-0.15, -0.1) is 12.4 Å². The van der Waals surface area contributed by atoms with Crippen molar-refractivity contribution in [1.82, 2.24) is 4.98 Å². The number of aliphatic hydroxyl groups is 1. The van der Waals surface area contributed by atoms with E-state index in [0.717, 1.165) is 10.3 Å². The summed E-state index contributed by atoms with van der Waals surface area (Å²) in [5.74, 6) is -1.37. The standard InChI is InChI=1S/C27H19N3O7S.ClH/c1-14-5-7-18-21(11-14)38-27(28-18)29-23(15-3-2-4-17(12-15)30(34)35)22(25(32)26(29)33)24(31)16-6-8-19-20(13-16)37-10-9-36-19;/h2-8,11-13,23,31H,9-10H2,1H3;1H. The van der Waals surface area contributed by atoms with Gasteiger partial charge < -0.3 is 14.6 Å². The Kier molecular flexibility index (Phi) is 6.71. The highest BCUT2D eigenvalue weighted by Crippen LogP contribution is 2.45. The lowest BCUT2D eigenvalue weighted by molar-refractivity contribution is -0.384. The van der Waals surface area contributed by atoms with E-state index in [1.165, 1.54) is 40.5 Å². The van der Waals surface area contributed by atoms with E-state index in [9.17, 15) is 24.8 Å². The highest BCUT2D eigenvalue weighted by molar-refractivity contribution is 7.22. The van der Waals surface area contributed by atoms with E-state index in [1.54, 1.807) is 18.2 Å². The number of fused-ring (bicyclic) bond motifs is 2. The minimum atomic E-state index is -1.15. The lowest BCUT2D eigenvalue weighted by atomic mass is 9.95. The monoisotopic (exact) mass is 565 g/mol. The first-order valence-electron chi connectivity index (χ1n) is 11.6. The second-order valence-electron chi connectivity index (χ2n) is 8.85. The zero-order valence-electron chi connectivity index (χ0n) is 20.3. The van der Waals surface area contributed by atoms with Gasteiger partial charge in [0.15, 0.2) is 16.6 Å². The molecule has 0 saturated carbocycles. The molecule has 2 aliphatic rings. The molecule has 1 unspecified atom stereocenters. The van der Waals surface area contributed by atoms with Crippen molar-refractivity contribution in [3.8, 4) is 11.5 Å². The minimum Gasteiger partial charge on any atom is -0.507 e. The fourth-order valence-electron chi connectivity index (χ4n) is 4.62. The van der Waals surface area contributed by atoms with Crippen molar-refractivity contribution in [2.75, 3.05) is 18.1 Å². The molecule has 3 aromatic carbocycles. The number of aliphatic hydroxyl groups excluding tert-OH is 1. The Morgan fingerprint density at radius 2 is 1.85 bits per heavy atom. The Morgan fingerprint density at radius 3 is 2.62 bits per heavy atom. The molecular weight excluding hydrogens is 546 g/mol. The first-order valence-corrected chi connectivity index (χ1v) is 12.5. The Labute approximate surface area is 231 Å². The maximum absolute atomic E-state index is 13.5. The Hall–Kier alpha value is -4.48. The second kappa shape index (κ2) is 10.0. The van der Waals surface area contributed by atoms with Gasteiger partial charge in [-0.05, 0) is 48.4 Å². The van der Waals surface area contributed by atoms with Gasteiger partial charge >= 0.3 is 5.91 Å². The van der Waals surface area contributed by atoms with Crippen LogP contribution in [0.25, 0.3) is 16.0 Å². The third-order valence-corrected chi connectivity index (χ3v) is 7.41. The molecule has 10 nitrogen and oxygen atoms in total. The number of Topliss-reactive ketones (excluding diaryl/α,β-unsaturated/α-hetero) is 1. The molecule has 4 aromatic rings. The fourth-order valence-corrected chi connectivity index (χ4v) is 5.71. The number of carbonyl (C=O) groups is 2. The van der Waals surface area contributed by atoms with Crippen molar-refractivity contribution < 1.29 is 29.1 Å². The predicted molar refractivity (Wildman–Crippen MR) is 147 cm³/mol. The number of hydrogen-bond acceptors (Lipinski definition) is 9. The number of rotatable bonds is 4. The molecule has 1 amide bonds. The van der Waals surface area contributed by atoms with E-state index in [0.29, 0.717) is 30.2 Å². The third kappa shape index (κ3) is 4.45. The number of nitro groups is 1. The lowest BCUT2D eigenvalue weighted by Gasteiger charge is -2.23. The normalized spacial score (nSPS) is 17.8. The Morgan fingerprint density at radius 1 is 1.08 bits per heavy atom. The molecule has 6 rings (SSSR count). The molecule has 39 heavy (non-hydrogen) atoms. The molecule has 1 aromatic heterocycles. The number of thiazole rings is 1. The maximum Gasteiger partial charge on any atom is 0.301 e. The zero-order chi connectivity index (χ0) is 26.6. The highest BCUT2D eigenvalue weighted by atomic mass is 35.5. The van der Waals surface area contributed by atoms with Crippen molar-refractivity contribution in [2.45, 2.75) is 13.0 Å². The van der Waals surface area contributed by atoms with Crippen LogP contribution in [0.2, 0.25) is 0 Å². The second-order valence-corrected chi connectivity index (χ2v) is 9.86. The summed E-state index contributed by atoms with van der Waals surface area (Å²) in [7, 11) is 0. The average Bonchev–Trinajstić information content (AvgIpc) is 3.45. The van der Waals surface area contributed by atoms with Gasteiger partial charge in [0.2, 0.25) is 0 Å². The summed E-state index contributed by atoms with van der Waals surface area (Å²) >= 11 is 1.22. The molecular formula is C27H20ClN3O7S. The van der Waals surface area contributed by atoms with Crippen LogP contribution < -0.4 is 14.4 Å². The first-order chi connectivity index (χ1) is 18.3. The number of aromatic nitrogens is 1. The number of nitro benzene ring substituents is 1. The summed E-state index contributed by atoms with van der Waals surface area (Å²) in [4.78, 5) is 43.6. The van der Waals surface area contributed by atoms with Crippen molar-refractivity contribution in [3.63, 3.8) is 0 Å². The number of amides is 1. The van der Waals surface area contributed by atoms with Gasteiger partial charge in [-0.2, -0.15) is 0 Å². The zero-order valence-corrected chi connectivity index (χ0v) is 22.0. The van der Waals surface area contributed by atoms with Gasteiger partial charge in [-0.1, -0.05) is 29.5 Å². The summed E-state index contributed by atoms with van der Waals surface area (Å²) < 4.78 is 12.0. The van der Waals surface area contributed by atoms with E-state index < -0.39 is 28.4 Å². The lowest BCUT2D eigenvalue weighted by Crippen LogP contribution is -2.29. The number of ketones is 1. The topological polar surface area (TPSA) is 132 Å². The molecule has 0 aliphatic carbocycles. The molecule has 0 spiro atoms. The number of benzene rings is 3. The minimum absolute atomic E-state index is 0. The van der Waals surface area contributed by atoms with Gasteiger partial charge in [-0.25, -0.2) is 4.98 Å². The molecule has 1 N–H and O–H groups in total. The largest absolute Gasteiger partial charge is 0.507 e. The van der Waals surface area contributed by atoms with Crippen molar-refractivity contribution in [2.24, 2.45) is 0 Å². The van der Waals surface area contributed by atoms with Crippen LogP contribution in [0.4, 0.5) is 10.8 Å². The molecule has 1 fully saturated rings. The quantitative estimate of drug-likeness (QED) is 0.115. The van der Waals surface area contributed by atoms with E-state index in [4.69, 9.17) is 9.47 Å². The summed E-state index contributed by atoms with van der Waals surface area (Å²) in [6.45, 7) is 2.64.